The average molecular weight is 435 g/mol. The average Bonchev–Trinajstić information content (AvgIpc) is 3.03. The van der Waals surface area contributed by atoms with Crippen molar-refractivity contribution in [2.24, 2.45) is 11.1 Å². The monoisotopic (exact) mass is 434 g/mol. The summed E-state index contributed by atoms with van der Waals surface area (Å²) in [4.78, 5) is 22.0. The van der Waals surface area contributed by atoms with Crippen molar-refractivity contribution in [3.8, 4) is 0 Å². The summed E-state index contributed by atoms with van der Waals surface area (Å²) in [5.74, 6) is 0.435. The van der Waals surface area contributed by atoms with Gasteiger partial charge in [0.15, 0.2) is 0 Å². The molecule has 2 fully saturated rings. The van der Waals surface area contributed by atoms with Crippen LogP contribution in [0.5, 0.6) is 0 Å². The van der Waals surface area contributed by atoms with Crippen LogP contribution in [-0.2, 0) is 0 Å². The number of nitrogens with two attached hydrogens (primary N) is 2. The molecule has 9 heteroatoms. The molecule has 1 unspecified atom stereocenters. The molecule has 2 aliphatic rings. The number of hydrogen-bond acceptors (Lipinski definition) is 6. The van der Waals surface area contributed by atoms with Gasteiger partial charge in [-0.05, 0) is 37.2 Å². The van der Waals surface area contributed by atoms with Gasteiger partial charge < -0.3 is 16.4 Å². The van der Waals surface area contributed by atoms with E-state index in [1.54, 1.807) is 18.2 Å². The van der Waals surface area contributed by atoms with E-state index in [4.69, 9.17) is 40.1 Å². The van der Waals surface area contributed by atoms with Crippen molar-refractivity contribution in [1.29, 1.82) is 5.41 Å². The minimum atomic E-state index is -0.466. The van der Waals surface area contributed by atoms with Crippen molar-refractivity contribution in [1.82, 2.24) is 9.97 Å². The van der Waals surface area contributed by atoms with Gasteiger partial charge >= 0.3 is 0 Å². The summed E-state index contributed by atoms with van der Waals surface area (Å²) in [6.45, 7) is 1.54. The Morgan fingerprint density at radius 2 is 2.00 bits per heavy atom. The summed E-state index contributed by atoms with van der Waals surface area (Å²) in [6.07, 6.45) is 5.41. The number of rotatable bonds is 3. The predicted molar refractivity (Wildman–Crippen MR) is 117 cm³/mol. The minimum Gasteiger partial charge on any atom is -0.383 e. The number of benzene rings is 1. The molecule has 29 heavy (non-hydrogen) atoms. The van der Waals surface area contributed by atoms with E-state index in [1.165, 1.54) is 12.8 Å². The summed E-state index contributed by atoms with van der Waals surface area (Å²) >= 11 is 12.2. The molecule has 1 spiro atoms. The molecule has 7 nitrogen and oxygen atoms in total. The highest BCUT2D eigenvalue weighted by molar-refractivity contribution is 6.44. The van der Waals surface area contributed by atoms with Crippen LogP contribution in [0.2, 0.25) is 10.0 Å². The number of nitrogens with zero attached hydrogens (tertiary/aromatic N) is 2. The molecule has 2 heterocycles. The van der Waals surface area contributed by atoms with Gasteiger partial charge in [-0.15, -0.1) is 0 Å². The van der Waals surface area contributed by atoms with Crippen LogP contribution in [0.4, 0.5) is 11.8 Å². The Balaban J connectivity index is 1.59. The lowest BCUT2D eigenvalue weighted by Gasteiger charge is -2.42. The summed E-state index contributed by atoms with van der Waals surface area (Å²) in [5.41, 5.74) is 12.4. The maximum absolute atomic E-state index is 12.8. The number of anilines is 2. The van der Waals surface area contributed by atoms with E-state index in [0.717, 1.165) is 32.4 Å². The zero-order chi connectivity index (χ0) is 20.8. The summed E-state index contributed by atoms with van der Waals surface area (Å²) in [5, 5.41) is 8.94. The number of H-pyrrole nitrogens is 1. The Hall–Kier alpha value is -2.09. The van der Waals surface area contributed by atoms with Gasteiger partial charge in [-0.25, -0.2) is 0 Å². The fourth-order valence-electron chi connectivity index (χ4n) is 4.65. The number of halogens is 2. The standard InChI is InChI=1S/C20H24Cl2N6O/c21-12-4-1-3-11(15(12)22)16(24)14-17(25)26-19(27-18(14)29)28-9-7-20(8-10-28)6-2-5-13(20)23/h1,3-4,13,24H,2,5-10,23H2,(H3,25,26,27,29). The predicted octanol–water partition coefficient (Wildman–Crippen LogP) is 3.17. The van der Waals surface area contributed by atoms with Crippen LogP contribution in [0, 0.1) is 10.8 Å². The molecule has 1 saturated carbocycles. The molecule has 0 bridgehead atoms. The molecule has 0 radical (unpaired) electrons. The largest absolute Gasteiger partial charge is 0.383 e. The Bertz CT molecular complexity index is 1010. The van der Waals surface area contributed by atoms with Gasteiger partial charge in [0.05, 0.1) is 15.8 Å². The van der Waals surface area contributed by atoms with Gasteiger partial charge in [0.25, 0.3) is 5.56 Å². The third-order valence-electron chi connectivity index (χ3n) is 6.44. The van der Waals surface area contributed by atoms with E-state index in [9.17, 15) is 4.79 Å². The SMILES string of the molecule is N=C(c1cccc(Cl)c1Cl)c1c(N)nc(N2CCC3(CCCC3N)CC2)[nH]c1=O. The topological polar surface area (TPSA) is 125 Å². The molecular formula is C20H24Cl2N6O. The molecule has 4 rings (SSSR count). The van der Waals surface area contributed by atoms with Crippen LogP contribution in [0.3, 0.4) is 0 Å². The third kappa shape index (κ3) is 3.52. The van der Waals surface area contributed by atoms with Crippen molar-refractivity contribution in [3.05, 3.63) is 49.7 Å². The Kier molecular flexibility index (Phi) is 5.31. The molecule has 1 atom stereocenters. The zero-order valence-corrected chi connectivity index (χ0v) is 17.5. The van der Waals surface area contributed by atoms with Gasteiger partial charge in [0, 0.05) is 24.7 Å². The van der Waals surface area contributed by atoms with Gasteiger partial charge in [0.1, 0.15) is 11.4 Å². The second kappa shape index (κ2) is 7.63. The molecule has 1 aromatic carbocycles. The van der Waals surface area contributed by atoms with E-state index in [2.05, 4.69) is 9.97 Å². The first-order valence-electron chi connectivity index (χ1n) is 9.76. The number of nitrogen functional groups attached to an aromatic ring is 1. The van der Waals surface area contributed by atoms with Crippen LogP contribution >= 0.6 is 23.2 Å². The van der Waals surface area contributed by atoms with Crippen LogP contribution in [-0.4, -0.2) is 34.8 Å². The Labute approximate surface area is 178 Å². The van der Waals surface area contributed by atoms with Gasteiger partial charge in [-0.3, -0.25) is 15.2 Å². The van der Waals surface area contributed by atoms with Crippen LogP contribution in [0.1, 0.15) is 43.2 Å². The fraction of sp³-hybridized carbons (Fsp3) is 0.450. The molecule has 1 saturated heterocycles. The maximum atomic E-state index is 12.8. The van der Waals surface area contributed by atoms with Gasteiger partial charge in [-0.1, -0.05) is 41.8 Å². The number of aromatic nitrogens is 2. The molecule has 2 aromatic rings. The lowest BCUT2D eigenvalue weighted by molar-refractivity contribution is 0.197. The van der Waals surface area contributed by atoms with Crippen molar-refractivity contribution in [2.45, 2.75) is 38.1 Å². The molecule has 1 aliphatic carbocycles. The molecule has 6 N–H and O–H groups in total. The second-order valence-corrected chi connectivity index (χ2v) is 8.76. The highest BCUT2D eigenvalue weighted by atomic mass is 35.5. The van der Waals surface area contributed by atoms with Crippen molar-refractivity contribution in [2.75, 3.05) is 23.7 Å². The smallest absolute Gasteiger partial charge is 0.263 e. The first kappa shape index (κ1) is 20.2. The number of nitrogens with one attached hydrogen (secondary N) is 2. The fourth-order valence-corrected chi connectivity index (χ4v) is 5.05. The van der Waals surface area contributed by atoms with E-state index < -0.39 is 5.56 Å². The number of piperidine rings is 1. The van der Waals surface area contributed by atoms with E-state index in [0.29, 0.717) is 16.5 Å². The maximum Gasteiger partial charge on any atom is 0.263 e. The molecule has 0 amide bonds. The molecule has 1 aromatic heterocycles. The van der Waals surface area contributed by atoms with Crippen molar-refractivity contribution < 1.29 is 0 Å². The quantitative estimate of drug-likeness (QED) is 0.551. The highest BCUT2D eigenvalue weighted by Crippen LogP contribution is 2.45. The van der Waals surface area contributed by atoms with E-state index in [-0.39, 0.29) is 33.6 Å². The van der Waals surface area contributed by atoms with Crippen molar-refractivity contribution in [3.63, 3.8) is 0 Å². The van der Waals surface area contributed by atoms with E-state index in [1.807, 2.05) is 4.90 Å². The van der Waals surface area contributed by atoms with Crippen LogP contribution in [0.25, 0.3) is 0 Å². The van der Waals surface area contributed by atoms with Crippen LogP contribution < -0.4 is 21.9 Å². The summed E-state index contributed by atoms with van der Waals surface area (Å²) < 4.78 is 0. The van der Waals surface area contributed by atoms with Crippen molar-refractivity contribution >= 4 is 40.7 Å². The molecular weight excluding hydrogens is 411 g/mol. The number of aromatic amines is 1. The lowest BCUT2D eigenvalue weighted by atomic mass is 9.74. The van der Waals surface area contributed by atoms with Gasteiger partial charge in [0.2, 0.25) is 5.95 Å². The Morgan fingerprint density at radius 1 is 1.28 bits per heavy atom. The normalized spacial score (nSPS) is 20.9. The zero-order valence-electron chi connectivity index (χ0n) is 16.0. The highest BCUT2D eigenvalue weighted by Gasteiger charge is 2.43. The van der Waals surface area contributed by atoms with Gasteiger partial charge in [-0.2, -0.15) is 4.98 Å². The summed E-state index contributed by atoms with van der Waals surface area (Å²) in [7, 11) is 0. The molecule has 154 valence electrons. The first-order chi connectivity index (χ1) is 13.8. The van der Waals surface area contributed by atoms with Crippen LogP contribution in [0.15, 0.2) is 23.0 Å². The minimum absolute atomic E-state index is 0.00245. The van der Waals surface area contributed by atoms with E-state index >= 15 is 0 Å². The Morgan fingerprint density at radius 3 is 2.62 bits per heavy atom. The summed E-state index contributed by atoms with van der Waals surface area (Å²) in [6, 6.07) is 5.17. The molecule has 1 aliphatic heterocycles. The third-order valence-corrected chi connectivity index (χ3v) is 7.26. The first-order valence-corrected chi connectivity index (χ1v) is 10.5. The lowest BCUT2D eigenvalue weighted by Crippen LogP contribution is -2.47. The number of hydrogen-bond donors (Lipinski definition) is 4. The second-order valence-electron chi connectivity index (χ2n) is 7.97.